The van der Waals surface area contributed by atoms with Gasteiger partial charge in [0.25, 0.3) is 0 Å². The van der Waals surface area contributed by atoms with Gasteiger partial charge in [0.1, 0.15) is 11.8 Å². The number of carbonyl (C=O) groups excluding carboxylic acids is 1. The summed E-state index contributed by atoms with van der Waals surface area (Å²) in [6.45, 7) is 5.80. The van der Waals surface area contributed by atoms with Crippen LogP contribution in [-0.2, 0) is 27.8 Å². The normalized spacial score (nSPS) is 17.6. The van der Waals surface area contributed by atoms with E-state index in [2.05, 4.69) is 5.32 Å². The molecule has 7 heteroatoms. The summed E-state index contributed by atoms with van der Waals surface area (Å²) < 4.78 is 33.2. The van der Waals surface area contributed by atoms with Crippen LogP contribution in [0.3, 0.4) is 0 Å². The molecule has 150 valence electrons. The topological polar surface area (TPSA) is 75.7 Å². The Morgan fingerprint density at radius 3 is 2.25 bits per heavy atom. The van der Waals surface area contributed by atoms with E-state index in [1.54, 1.807) is 12.1 Å². The Morgan fingerprint density at radius 2 is 1.68 bits per heavy atom. The monoisotopic (exact) mass is 402 g/mol. The first-order valence-electron chi connectivity index (χ1n) is 9.16. The van der Waals surface area contributed by atoms with Crippen molar-refractivity contribution < 1.29 is 17.9 Å². The number of methoxy groups -OCH3 is 1. The van der Waals surface area contributed by atoms with Gasteiger partial charge in [0.05, 0.1) is 12.0 Å². The van der Waals surface area contributed by atoms with Crippen molar-refractivity contribution in [2.75, 3.05) is 7.11 Å². The zero-order chi connectivity index (χ0) is 20.5. The molecule has 3 rings (SSSR count). The molecule has 1 aliphatic heterocycles. The number of hydrogen-bond donors (Lipinski definition) is 1. The maximum atomic E-state index is 13.4. The Morgan fingerprint density at radius 1 is 1.07 bits per heavy atom. The number of nitrogens with zero attached hydrogens (tertiary/aromatic N) is 1. The summed E-state index contributed by atoms with van der Waals surface area (Å²) in [7, 11) is -2.34. The Bertz CT molecular complexity index is 963. The highest BCUT2D eigenvalue weighted by Gasteiger charge is 2.40. The summed E-state index contributed by atoms with van der Waals surface area (Å²) >= 11 is 0. The summed E-state index contributed by atoms with van der Waals surface area (Å²) in [4.78, 5) is 13.1. The predicted octanol–water partition coefficient (Wildman–Crippen LogP) is 2.73. The molecule has 28 heavy (non-hydrogen) atoms. The van der Waals surface area contributed by atoms with Crippen molar-refractivity contribution in [1.82, 2.24) is 9.62 Å². The number of rotatable bonds is 4. The minimum atomic E-state index is -3.86. The van der Waals surface area contributed by atoms with Gasteiger partial charge < -0.3 is 10.1 Å². The van der Waals surface area contributed by atoms with Crippen molar-refractivity contribution in [1.29, 1.82) is 0 Å². The quantitative estimate of drug-likeness (QED) is 0.853. The third-order valence-corrected chi connectivity index (χ3v) is 6.54. The molecule has 1 amide bonds. The fourth-order valence-electron chi connectivity index (χ4n) is 3.31. The standard InChI is InChI=1S/C21H26N2O4S/c1-21(2,3)22-20(24)19-13-15-7-5-6-8-16(15)14-23(19)28(25,26)18-11-9-17(27-4)10-12-18/h5-12,19H,13-14H2,1-4H3,(H,22,24). The van der Waals surface area contributed by atoms with E-state index >= 15 is 0 Å². The summed E-state index contributed by atoms with van der Waals surface area (Å²) in [5.74, 6) is 0.282. The second kappa shape index (κ2) is 7.56. The van der Waals surface area contributed by atoms with Crippen LogP contribution in [-0.4, -0.2) is 37.3 Å². The molecule has 0 spiro atoms. The van der Waals surface area contributed by atoms with Crippen molar-refractivity contribution in [2.45, 2.75) is 50.2 Å². The van der Waals surface area contributed by atoms with Gasteiger partial charge in [-0.2, -0.15) is 4.31 Å². The molecule has 0 aromatic heterocycles. The lowest BCUT2D eigenvalue weighted by Gasteiger charge is -2.36. The van der Waals surface area contributed by atoms with E-state index in [1.165, 1.54) is 23.5 Å². The van der Waals surface area contributed by atoms with Crippen LogP contribution in [0.2, 0.25) is 0 Å². The van der Waals surface area contributed by atoms with Crippen LogP contribution < -0.4 is 10.1 Å². The van der Waals surface area contributed by atoms with Crippen molar-refractivity contribution in [3.05, 3.63) is 59.7 Å². The summed E-state index contributed by atoms with van der Waals surface area (Å²) in [5, 5.41) is 2.93. The van der Waals surface area contributed by atoms with Gasteiger partial charge in [0.15, 0.2) is 0 Å². The van der Waals surface area contributed by atoms with Crippen LogP contribution in [0.25, 0.3) is 0 Å². The first-order valence-corrected chi connectivity index (χ1v) is 10.6. The summed E-state index contributed by atoms with van der Waals surface area (Å²) in [6, 6.07) is 13.1. The molecule has 0 aliphatic carbocycles. The van der Waals surface area contributed by atoms with Crippen LogP contribution in [0.5, 0.6) is 5.75 Å². The number of nitrogens with one attached hydrogen (secondary N) is 1. The van der Waals surface area contributed by atoms with Crippen LogP contribution >= 0.6 is 0 Å². The number of amides is 1. The SMILES string of the molecule is COc1ccc(S(=O)(=O)N2Cc3ccccc3CC2C(=O)NC(C)(C)C)cc1. The van der Waals surface area contributed by atoms with Crippen LogP contribution in [0.1, 0.15) is 31.9 Å². The van der Waals surface area contributed by atoms with E-state index in [9.17, 15) is 13.2 Å². The van der Waals surface area contributed by atoms with Gasteiger partial charge in [0, 0.05) is 12.1 Å². The third-order valence-electron chi connectivity index (χ3n) is 4.67. The molecule has 1 N–H and O–H groups in total. The van der Waals surface area contributed by atoms with Crippen molar-refractivity contribution in [2.24, 2.45) is 0 Å². The average Bonchev–Trinajstić information content (AvgIpc) is 2.65. The first kappa shape index (κ1) is 20.4. The van der Waals surface area contributed by atoms with E-state index in [0.29, 0.717) is 12.2 Å². The Hall–Kier alpha value is -2.38. The van der Waals surface area contributed by atoms with E-state index in [4.69, 9.17) is 4.74 Å². The number of sulfonamides is 1. The molecule has 1 heterocycles. The zero-order valence-electron chi connectivity index (χ0n) is 16.6. The molecule has 1 atom stereocenters. The Balaban J connectivity index is 2.01. The van der Waals surface area contributed by atoms with Crippen LogP contribution in [0.15, 0.2) is 53.4 Å². The van der Waals surface area contributed by atoms with Gasteiger partial charge in [-0.1, -0.05) is 24.3 Å². The molecular weight excluding hydrogens is 376 g/mol. The van der Waals surface area contributed by atoms with E-state index in [-0.39, 0.29) is 17.3 Å². The van der Waals surface area contributed by atoms with Gasteiger partial charge in [-0.3, -0.25) is 4.79 Å². The molecule has 0 saturated heterocycles. The number of ether oxygens (including phenoxy) is 1. The molecule has 0 radical (unpaired) electrons. The maximum absolute atomic E-state index is 13.4. The van der Waals surface area contributed by atoms with Crippen molar-refractivity contribution in [3.8, 4) is 5.75 Å². The lowest BCUT2D eigenvalue weighted by molar-refractivity contribution is -0.126. The van der Waals surface area contributed by atoms with Gasteiger partial charge in [0.2, 0.25) is 15.9 Å². The molecule has 0 fully saturated rings. The van der Waals surface area contributed by atoms with E-state index in [1.807, 2.05) is 45.0 Å². The molecule has 2 aromatic carbocycles. The lowest BCUT2D eigenvalue weighted by Crippen LogP contribution is -2.55. The number of carbonyl (C=O) groups is 1. The highest BCUT2D eigenvalue weighted by atomic mass is 32.2. The average molecular weight is 403 g/mol. The highest BCUT2D eigenvalue weighted by molar-refractivity contribution is 7.89. The Labute approximate surface area is 166 Å². The second-order valence-corrected chi connectivity index (χ2v) is 9.84. The molecule has 0 saturated carbocycles. The van der Waals surface area contributed by atoms with Crippen molar-refractivity contribution >= 4 is 15.9 Å². The second-order valence-electron chi connectivity index (χ2n) is 7.95. The fraction of sp³-hybridized carbons (Fsp3) is 0.381. The minimum Gasteiger partial charge on any atom is -0.497 e. The largest absolute Gasteiger partial charge is 0.497 e. The van der Waals surface area contributed by atoms with E-state index in [0.717, 1.165) is 11.1 Å². The summed E-state index contributed by atoms with van der Waals surface area (Å²) in [5.41, 5.74) is 1.46. The van der Waals surface area contributed by atoms with Gasteiger partial charge in [-0.15, -0.1) is 0 Å². The number of benzene rings is 2. The van der Waals surface area contributed by atoms with Crippen molar-refractivity contribution in [3.63, 3.8) is 0 Å². The predicted molar refractivity (Wildman–Crippen MR) is 108 cm³/mol. The third kappa shape index (κ3) is 4.20. The van der Waals surface area contributed by atoms with Gasteiger partial charge >= 0.3 is 0 Å². The number of fused-ring (bicyclic) bond motifs is 1. The lowest BCUT2D eigenvalue weighted by atomic mass is 9.95. The Kier molecular flexibility index (Phi) is 5.50. The molecule has 2 aromatic rings. The first-order chi connectivity index (χ1) is 13.1. The van der Waals surface area contributed by atoms with Crippen LogP contribution in [0, 0.1) is 0 Å². The molecule has 1 unspecified atom stereocenters. The number of hydrogen-bond acceptors (Lipinski definition) is 4. The van der Waals surface area contributed by atoms with Gasteiger partial charge in [-0.05, 0) is 62.6 Å². The molecule has 1 aliphatic rings. The highest BCUT2D eigenvalue weighted by Crippen LogP contribution is 2.30. The molecular formula is C21H26N2O4S. The van der Waals surface area contributed by atoms with E-state index < -0.39 is 21.6 Å². The van der Waals surface area contributed by atoms with Gasteiger partial charge in [-0.25, -0.2) is 8.42 Å². The fourth-order valence-corrected chi connectivity index (χ4v) is 4.88. The zero-order valence-corrected chi connectivity index (χ0v) is 17.4. The smallest absolute Gasteiger partial charge is 0.244 e. The summed E-state index contributed by atoms with van der Waals surface area (Å²) in [6.07, 6.45) is 0.341. The molecule has 6 nitrogen and oxygen atoms in total. The molecule has 0 bridgehead atoms. The minimum absolute atomic E-state index is 0.140. The van der Waals surface area contributed by atoms with Crippen LogP contribution in [0.4, 0.5) is 0 Å². The maximum Gasteiger partial charge on any atom is 0.244 e.